The molecule has 1 aliphatic heterocycles. The van der Waals surface area contributed by atoms with Crippen molar-refractivity contribution in [2.24, 2.45) is 5.41 Å². The van der Waals surface area contributed by atoms with Crippen molar-refractivity contribution in [3.63, 3.8) is 0 Å². The molecule has 0 aliphatic carbocycles. The zero-order valence-electron chi connectivity index (χ0n) is 25.1. The summed E-state index contributed by atoms with van der Waals surface area (Å²) in [5, 5.41) is 0.191. The van der Waals surface area contributed by atoms with Gasteiger partial charge < -0.3 is 23.1 Å². The highest BCUT2D eigenvalue weighted by Crippen LogP contribution is 2.40. The van der Waals surface area contributed by atoms with Gasteiger partial charge in [-0.05, 0) is 62.6 Å². The number of ether oxygens (including phenoxy) is 3. The van der Waals surface area contributed by atoms with Gasteiger partial charge in [0.05, 0.1) is 24.2 Å². The van der Waals surface area contributed by atoms with Crippen LogP contribution in [0.15, 0.2) is 12.2 Å². The lowest BCUT2D eigenvalue weighted by Crippen LogP contribution is -2.49. The van der Waals surface area contributed by atoms with Gasteiger partial charge in [0.2, 0.25) is 0 Å². The Bertz CT molecular complexity index is 727. The third-order valence-corrected chi connectivity index (χ3v) is 16.9. The maximum absolute atomic E-state index is 12.3. The highest BCUT2D eigenvalue weighted by atomic mass is 28.4. The van der Waals surface area contributed by atoms with Crippen LogP contribution in [-0.2, 0) is 27.9 Å². The van der Waals surface area contributed by atoms with E-state index in [1.54, 1.807) is 7.11 Å². The fourth-order valence-corrected chi connectivity index (χ4v) is 5.70. The Morgan fingerprint density at radius 1 is 0.971 bits per heavy atom. The molecular formula is C27H54O6Si2. The van der Waals surface area contributed by atoms with Gasteiger partial charge >= 0.3 is 5.97 Å². The molecular weight excluding hydrogens is 476 g/mol. The summed E-state index contributed by atoms with van der Waals surface area (Å²) < 4.78 is 31.2. The SMILES string of the molecule is C=C1[C@H](COC(=O)C(C)(C)C)O[C@H](C[C@@H](CO[Si](C)(C)C(C)(C)C)O[Si](C)(C)C(C)(C)C)[C@@H]1OC. The first-order chi connectivity index (χ1) is 15.5. The van der Waals surface area contributed by atoms with Crippen LogP contribution in [0.25, 0.3) is 0 Å². The molecule has 1 fully saturated rings. The molecule has 206 valence electrons. The first-order valence-corrected chi connectivity index (χ1v) is 18.7. The van der Waals surface area contributed by atoms with Crippen molar-refractivity contribution in [3.8, 4) is 0 Å². The molecule has 1 rings (SSSR count). The molecule has 0 aromatic rings. The van der Waals surface area contributed by atoms with Crippen LogP contribution in [0.5, 0.6) is 0 Å². The number of methoxy groups -OCH3 is 1. The van der Waals surface area contributed by atoms with Crippen LogP contribution in [0.1, 0.15) is 68.7 Å². The monoisotopic (exact) mass is 530 g/mol. The molecule has 0 amide bonds. The minimum absolute atomic E-state index is 0.0761. The molecule has 0 saturated carbocycles. The largest absolute Gasteiger partial charge is 0.462 e. The average Bonchev–Trinajstić information content (AvgIpc) is 2.95. The van der Waals surface area contributed by atoms with Crippen molar-refractivity contribution >= 4 is 22.6 Å². The Hall–Kier alpha value is -0.516. The van der Waals surface area contributed by atoms with E-state index in [0.29, 0.717) is 13.0 Å². The summed E-state index contributed by atoms with van der Waals surface area (Å²) in [6.45, 7) is 32.9. The molecule has 6 nitrogen and oxygen atoms in total. The van der Waals surface area contributed by atoms with Crippen LogP contribution in [0.3, 0.4) is 0 Å². The average molecular weight is 531 g/mol. The highest BCUT2D eigenvalue weighted by molar-refractivity contribution is 6.74. The lowest BCUT2D eigenvalue weighted by molar-refractivity contribution is -0.156. The number of rotatable bonds is 10. The van der Waals surface area contributed by atoms with Gasteiger partial charge in [0, 0.05) is 13.5 Å². The highest BCUT2D eigenvalue weighted by Gasteiger charge is 2.45. The van der Waals surface area contributed by atoms with E-state index in [2.05, 4.69) is 74.3 Å². The van der Waals surface area contributed by atoms with Gasteiger partial charge in [0.25, 0.3) is 0 Å². The summed E-state index contributed by atoms with van der Waals surface area (Å²) >= 11 is 0. The quantitative estimate of drug-likeness (QED) is 0.178. The molecule has 0 bridgehead atoms. The lowest BCUT2D eigenvalue weighted by atomic mass is 9.97. The molecule has 1 aliphatic rings. The Morgan fingerprint density at radius 3 is 1.91 bits per heavy atom. The van der Waals surface area contributed by atoms with Gasteiger partial charge in [-0.25, -0.2) is 0 Å². The molecule has 0 spiro atoms. The minimum Gasteiger partial charge on any atom is -0.462 e. The van der Waals surface area contributed by atoms with Gasteiger partial charge in [0.15, 0.2) is 16.6 Å². The van der Waals surface area contributed by atoms with Gasteiger partial charge in [-0.2, -0.15) is 0 Å². The van der Waals surface area contributed by atoms with Gasteiger partial charge in [-0.3, -0.25) is 4.79 Å². The Morgan fingerprint density at radius 2 is 1.49 bits per heavy atom. The molecule has 8 heteroatoms. The normalized spacial score (nSPS) is 23.5. The van der Waals surface area contributed by atoms with E-state index in [1.807, 2.05) is 20.8 Å². The first kappa shape index (κ1) is 32.5. The third kappa shape index (κ3) is 8.78. The van der Waals surface area contributed by atoms with E-state index in [9.17, 15) is 4.79 Å². The summed E-state index contributed by atoms with van der Waals surface area (Å²) in [5.41, 5.74) is 0.235. The van der Waals surface area contributed by atoms with Crippen molar-refractivity contribution < 1.29 is 27.9 Å². The van der Waals surface area contributed by atoms with E-state index in [4.69, 9.17) is 23.1 Å². The van der Waals surface area contributed by atoms with Crippen LogP contribution in [-0.4, -0.2) is 67.3 Å². The van der Waals surface area contributed by atoms with Crippen LogP contribution in [0.4, 0.5) is 0 Å². The second-order valence-corrected chi connectivity index (χ2v) is 23.6. The molecule has 35 heavy (non-hydrogen) atoms. The fraction of sp³-hybridized carbons (Fsp3) is 0.889. The molecule has 0 radical (unpaired) electrons. The Kier molecular flexibility index (Phi) is 10.7. The van der Waals surface area contributed by atoms with Crippen LogP contribution < -0.4 is 0 Å². The number of hydrogen-bond donors (Lipinski definition) is 0. The van der Waals surface area contributed by atoms with Crippen molar-refractivity contribution in [2.75, 3.05) is 20.3 Å². The molecule has 1 heterocycles. The number of carbonyl (C=O) groups is 1. The summed E-state index contributed by atoms with van der Waals surface area (Å²) in [6, 6.07) is 0. The van der Waals surface area contributed by atoms with E-state index in [-0.39, 0.29) is 41.0 Å². The molecule has 1 saturated heterocycles. The molecule has 0 N–H and O–H groups in total. The summed E-state index contributed by atoms with van der Waals surface area (Å²) in [4.78, 5) is 12.3. The minimum atomic E-state index is -2.05. The summed E-state index contributed by atoms with van der Waals surface area (Å²) in [6.07, 6.45) is -0.430. The maximum atomic E-state index is 12.3. The van der Waals surface area contributed by atoms with Crippen molar-refractivity contribution in [1.29, 1.82) is 0 Å². The van der Waals surface area contributed by atoms with Gasteiger partial charge in [-0.1, -0.05) is 48.1 Å². The maximum Gasteiger partial charge on any atom is 0.311 e. The van der Waals surface area contributed by atoms with Crippen molar-refractivity contribution in [3.05, 3.63) is 12.2 Å². The number of hydrogen-bond acceptors (Lipinski definition) is 6. The van der Waals surface area contributed by atoms with E-state index in [0.717, 1.165) is 5.57 Å². The van der Waals surface area contributed by atoms with E-state index >= 15 is 0 Å². The summed E-state index contributed by atoms with van der Waals surface area (Å²) in [5.74, 6) is -0.256. The standard InChI is InChI=1S/C27H54O6Si2/c1-19-22(18-30-24(28)25(2,3)4)32-21(23(19)29-11)16-20(33-35(14,15)27(8,9)10)17-31-34(12,13)26(5,6)7/h20-23H,1,16-18H2,2-15H3/t20-,21+,22-,23+/m0/s1. The predicted octanol–water partition coefficient (Wildman–Crippen LogP) is 6.72. The Labute approximate surface area is 217 Å². The zero-order valence-corrected chi connectivity index (χ0v) is 27.1. The molecule has 4 atom stereocenters. The smallest absolute Gasteiger partial charge is 0.311 e. The zero-order chi connectivity index (χ0) is 27.6. The van der Waals surface area contributed by atoms with Crippen LogP contribution >= 0.6 is 0 Å². The number of esters is 1. The predicted molar refractivity (Wildman–Crippen MR) is 149 cm³/mol. The Balaban J connectivity index is 3.06. The van der Waals surface area contributed by atoms with Crippen LogP contribution in [0.2, 0.25) is 36.3 Å². The van der Waals surface area contributed by atoms with Crippen LogP contribution in [0, 0.1) is 5.41 Å². The van der Waals surface area contributed by atoms with Crippen molar-refractivity contribution in [1.82, 2.24) is 0 Å². The fourth-order valence-electron chi connectivity index (χ4n) is 3.31. The molecule has 0 aromatic heterocycles. The summed E-state index contributed by atoms with van der Waals surface area (Å²) in [7, 11) is -2.33. The second-order valence-electron chi connectivity index (χ2n) is 14.1. The van der Waals surface area contributed by atoms with Gasteiger partial charge in [-0.15, -0.1) is 0 Å². The third-order valence-electron chi connectivity index (χ3n) is 7.89. The molecule has 0 unspecified atom stereocenters. The van der Waals surface area contributed by atoms with E-state index in [1.165, 1.54) is 0 Å². The topological polar surface area (TPSA) is 63.2 Å². The molecule has 0 aromatic carbocycles. The van der Waals surface area contributed by atoms with Crippen molar-refractivity contribution in [2.45, 2.75) is 129 Å². The van der Waals surface area contributed by atoms with E-state index < -0.39 is 28.2 Å². The second kappa shape index (κ2) is 11.5. The first-order valence-electron chi connectivity index (χ1n) is 12.9. The van der Waals surface area contributed by atoms with Gasteiger partial charge in [0.1, 0.15) is 18.8 Å². The lowest BCUT2D eigenvalue weighted by Gasteiger charge is -2.42. The number of carbonyl (C=O) groups excluding carboxylic acids is 1.